The number of terminal acetylenes is 1. The van der Waals surface area contributed by atoms with Gasteiger partial charge in [0.15, 0.2) is 0 Å². The van der Waals surface area contributed by atoms with Crippen LogP contribution in [0.3, 0.4) is 0 Å². The molecule has 0 aromatic heterocycles. The van der Waals surface area contributed by atoms with Crippen molar-refractivity contribution in [3.63, 3.8) is 0 Å². The molecule has 0 heterocycles. The fourth-order valence-electron chi connectivity index (χ4n) is 1.29. The first-order chi connectivity index (χ1) is 6.67. The van der Waals surface area contributed by atoms with Crippen molar-refractivity contribution in [1.82, 2.24) is 0 Å². The molecule has 0 bridgehead atoms. The Morgan fingerprint density at radius 2 is 2.07 bits per heavy atom. The van der Waals surface area contributed by atoms with Crippen molar-refractivity contribution in [1.29, 1.82) is 0 Å². The van der Waals surface area contributed by atoms with E-state index in [0.29, 0.717) is 0 Å². The lowest BCUT2D eigenvalue weighted by atomic mass is 10.1. The smallest absolute Gasteiger partial charge is 0.0871 e. The van der Waals surface area contributed by atoms with E-state index in [4.69, 9.17) is 6.42 Å². The third-order valence-electron chi connectivity index (χ3n) is 2.46. The molecule has 1 nitrogen and oxygen atoms in total. The molecular formula is C13H17N. The van der Waals surface area contributed by atoms with Gasteiger partial charge in [-0.25, -0.2) is 0 Å². The van der Waals surface area contributed by atoms with Crippen LogP contribution in [-0.2, 0) is 0 Å². The Balaban J connectivity index is 2.78. The molecule has 0 amide bonds. The molecule has 74 valence electrons. The van der Waals surface area contributed by atoms with Crippen molar-refractivity contribution in [2.45, 2.75) is 33.2 Å². The molecule has 1 heteroatoms. The monoisotopic (exact) mass is 187 g/mol. The SMILES string of the molecule is C#CC(CC)Nc1ccc(C)c(C)c1. The minimum atomic E-state index is 0.136. The topological polar surface area (TPSA) is 12.0 Å². The highest BCUT2D eigenvalue weighted by molar-refractivity contribution is 5.49. The number of nitrogens with one attached hydrogen (secondary N) is 1. The lowest BCUT2D eigenvalue weighted by molar-refractivity contribution is 0.857. The molecule has 14 heavy (non-hydrogen) atoms. The van der Waals surface area contributed by atoms with Crippen molar-refractivity contribution in [2.24, 2.45) is 0 Å². The summed E-state index contributed by atoms with van der Waals surface area (Å²) in [4.78, 5) is 0. The second kappa shape index (κ2) is 4.72. The van der Waals surface area contributed by atoms with Crippen molar-refractivity contribution in [3.8, 4) is 12.3 Å². The predicted octanol–water partition coefficient (Wildman–Crippen LogP) is 3.13. The van der Waals surface area contributed by atoms with E-state index in [-0.39, 0.29) is 6.04 Å². The Kier molecular flexibility index (Phi) is 3.59. The summed E-state index contributed by atoms with van der Waals surface area (Å²) in [6, 6.07) is 6.45. The highest BCUT2D eigenvalue weighted by atomic mass is 14.9. The lowest BCUT2D eigenvalue weighted by Crippen LogP contribution is -2.15. The van der Waals surface area contributed by atoms with E-state index >= 15 is 0 Å². The van der Waals surface area contributed by atoms with Crippen molar-refractivity contribution >= 4 is 5.69 Å². The molecule has 0 aliphatic carbocycles. The van der Waals surface area contributed by atoms with E-state index in [9.17, 15) is 0 Å². The summed E-state index contributed by atoms with van der Waals surface area (Å²) < 4.78 is 0. The van der Waals surface area contributed by atoms with E-state index in [2.05, 4.69) is 50.2 Å². The zero-order valence-electron chi connectivity index (χ0n) is 9.09. The largest absolute Gasteiger partial charge is 0.372 e. The van der Waals surface area contributed by atoms with Gasteiger partial charge in [-0.2, -0.15) is 0 Å². The third-order valence-corrected chi connectivity index (χ3v) is 2.46. The number of anilines is 1. The van der Waals surface area contributed by atoms with Gasteiger partial charge in [-0.3, -0.25) is 0 Å². The molecule has 1 rings (SSSR count). The fourth-order valence-corrected chi connectivity index (χ4v) is 1.29. The lowest BCUT2D eigenvalue weighted by Gasteiger charge is -2.13. The number of hydrogen-bond donors (Lipinski definition) is 1. The second-order valence-corrected chi connectivity index (χ2v) is 3.57. The van der Waals surface area contributed by atoms with Gasteiger partial charge in [-0.1, -0.05) is 18.9 Å². The summed E-state index contributed by atoms with van der Waals surface area (Å²) in [5, 5.41) is 3.31. The fraction of sp³-hybridized carbons (Fsp3) is 0.385. The summed E-state index contributed by atoms with van der Waals surface area (Å²) in [5.41, 5.74) is 3.71. The van der Waals surface area contributed by atoms with Gasteiger partial charge in [-0.05, 0) is 43.5 Å². The first kappa shape index (κ1) is 10.7. The predicted molar refractivity (Wildman–Crippen MR) is 62.5 cm³/mol. The van der Waals surface area contributed by atoms with Crippen LogP contribution in [0, 0.1) is 26.2 Å². The number of hydrogen-bond acceptors (Lipinski definition) is 1. The quantitative estimate of drug-likeness (QED) is 0.717. The van der Waals surface area contributed by atoms with Crippen LogP contribution in [0.2, 0.25) is 0 Å². The van der Waals surface area contributed by atoms with E-state index in [0.717, 1.165) is 12.1 Å². The molecule has 0 radical (unpaired) electrons. The van der Waals surface area contributed by atoms with Crippen LogP contribution in [0.15, 0.2) is 18.2 Å². The van der Waals surface area contributed by atoms with Crippen molar-refractivity contribution in [2.75, 3.05) is 5.32 Å². The zero-order chi connectivity index (χ0) is 10.6. The first-order valence-electron chi connectivity index (χ1n) is 4.97. The second-order valence-electron chi connectivity index (χ2n) is 3.57. The molecular weight excluding hydrogens is 170 g/mol. The molecule has 0 aliphatic heterocycles. The van der Waals surface area contributed by atoms with Crippen molar-refractivity contribution < 1.29 is 0 Å². The summed E-state index contributed by atoms with van der Waals surface area (Å²) in [6.45, 7) is 6.30. The van der Waals surface area contributed by atoms with Crippen LogP contribution < -0.4 is 5.32 Å². The molecule has 0 fully saturated rings. The molecule has 0 saturated carbocycles. The maximum Gasteiger partial charge on any atom is 0.0871 e. The Morgan fingerprint density at radius 3 is 2.57 bits per heavy atom. The van der Waals surface area contributed by atoms with Gasteiger partial charge in [0, 0.05) is 5.69 Å². The van der Waals surface area contributed by atoms with Crippen LogP contribution in [-0.4, -0.2) is 6.04 Å². The molecule has 1 N–H and O–H groups in total. The van der Waals surface area contributed by atoms with E-state index in [1.165, 1.54) is 11.1 Å². The van der Waals surface area contributed by atoms with Gasteiger partial charge in [0.25, 0.3) is 0 Å². The molecule has 0 saturated heterocycles. The Morgan fingerprint density at radius 1 is 1.36 bits per heavy atom. The highest BCUT2D eigenvalue weighted by Crippen LogP contribution is 2.15. The highest BCUT2D eigenvalue weighted by Gasteiger charge is 2.01. The molecule has 1 aromatic carbocycles. The minimum absolute atomic E-state index is 0.136. The summed E-state index contributed by atoms with van der Waals surface area (Å²) in [6.07, 6.45) is 6.33. The number of benzene rings is 1. The van der Waals surface area contributed by atoms with Gasteiger partial charge in [0.05, 0.1) is 6.04 Å². The van der Waals surface area contributed by atoms with Gasteiger partial charge < -0.3 is 5.32 Å². The van der Waals surface area contributed by atoms with Gasteiger partial charge in [0.2, 0.25) is 0 Å². The van der Waals surface area contributed by atoms with E-state index in [1.807, 2.05) is 0 Å². The minimum Gasteiger partial charge on any atom is -0.372 e. The summed E-state index contributed by atoms with van der Waals surface area (Å²) in [5.74, 6) is 2.72. The van der Waals surface area contributed by atoms with Gasteiger partial charge in [-0.15, -0.1) is 6.42 Å². The number of aryl methyl sites for hydroxylation is 2. The Hall–Kier alpha value is -1.42. The summed E-state index contributed by atoms with van der Waals surface area (Å²) in [7, 11) is 0. The summed E-state index contributed by atoms with van der Waals surface area (Å²) >= 11 is 0. The maximum atomic E-state index is 5.39. The molecule has 1 unspecified atom stereocenters. The molecule has 1 aromatic rings. The van der Waals surface area contributed by atoms with Crippen LogP contribution in [0.5, 0.6) is 0 Å². The normalized spacial score (nSPS) is 11.9. The van der Waals surface area contributed by atoms with Gasteiger partial charge in [0.1, 0.15) is 0 Å². The van der Waals surface area contributed by atoms with E-state index < -0.39 is 0 Å². The van der Waals surface area contributed by atoms with Crippen LogP contribution in [0.4, 0.5) is 5.69 Å². The first-order valence-corrected chi connectivity index (χ1v) is 4.97. The molecule has 0 aliphatic rings. The van der Waals surface area contributed by atoms with Crippen molar-refractivity contribution in [3.05, 3.63) is 29.3 Å². The zero-order valence-corrected chi connectivity index (χ0v) is 9.09. The average molecular weight is 187 g/mol. The van der Waals surface area contributed by atoms with Crippen LogP contribution in [0.25, 0.3) is 0 Å². The van der Waals surface area contributed by atoms with Gasteiger partial charge >= 0.3 is 0 Å². The Labute approximate surface area is 86.5 Å². The standard InChI is InChI=1S/C13H17N/c1-5-12(6-2)14-13-8-7-10(3)11(4)9-13/h1,7-9,12,14H,6H2,2-4H3. The molecule has 0 spiro atoms. The third kappa shape index (κ3) is 2.53. The maximum absolute atomic E-state index is 5.39. The molecule has 1 atom stereocenters. The Bertz CT molecular complexity index is 347. The van der Waals surface area contributed by atoms with Crippen LogP contribution in [0.1, 0.15) is 24.5 Å². The average Bonchev–Trinajstić information content (AvgIpc) is 2.19. The number of rotatable bonds is 3. The van der Waals surface area contributed by atoms with E-state index in [1.54, 1.807) is 0 Å². The van der Waals surface area contributed by atoms with Crippen LogP contribution >= 0.6 is 0 Å².